The molecule has 0 fully saturated rings. The first-order chi connectivity index (χ1) is 5.77. The van der Waals surface area contributed by atoms with Crippen LogP contribution < -0.4 is 0 Å². The summed E-state index contributed by atoms with van der Waals surface area (Å²) in [6, 6.07) is 1.75. The first-order valence-electron chi connectivity index (χ1n) is 3.70. The fraction of sp³-hybridized carbons (Fsp3) is 0.375. The maximum atomic E-state index is 10.6. The average Bonchev–Trinajstić information content (AvgIpc) is 2.46. The van der Waals surface area contributed by atoms with Crippen molar-refractivity contribution in [2.24, 2.45) is 0 Å². The van der Waals surface area contributed by atoms with E-state index in [4.69, 9.17) is 9.84 Å². The van der Waals surface area contributed by atoms with Gasteiger partial charge in [0.1, 0.15) is 4.88 Å². The van der Waals surface area contributed by atoms with Gasteiger partial charge in [0.25, 0.3) is 0 Å². The Morgan fingerprint density at radius 2 is 2.50 bits per heavy atom. The summed E-state index contributed by atoms with van der Waals surface area (Å²) in [4.78, 5) is 12.1. The van der Waals surface area contributed by atoms with Crippen LogP contribution in [-0.2, 0) is 17.8 Å². The number of fused-ring (bicyclic) bond motifs is 1. The van der Waals surface area contributed by atoms with Gasteiger partial charge in [0.15, 0.2) is 0 Å². The highest BCUT2D eigenvalue weighted by molar-refractivity contribution is 7.14. The van der Waals surface area contributed by atoms with Crippen molar-refractivity contribution in [3.63, 3.8) is 0 Å². The molecular formula is C8H8O3S. The Morgan fingerprint density at radius 3 is 3.17 bits per heavy atom. The van der Waals surface area contributed by atoms with Crippen LogP contribution in [0.1, 0.15) is 20.1 Å². The van der Waals surface area contributed by atoms with Crippen LogP contribution in [-0.4, -0.2) is 17.7 Å². The van der Waals surface area contributed by atoms with Gasteiger partial charge in [-0.05, 0) is 18.1 Å². The third kappa shape index (κ3) is 1.23. The Bertz CT molecular complexity index is 293. The highest BCUT2D eigenvalue weighted by atomic mass is 32.1. The zero-order chi connectivity index (χ0) is 8.55. The molecule has 1 aromatic rings. The van der Waals surface area contributed by atoms with E-state index in [1.165, 1.54) is 11.3 Å². The number of aromatic carboxylic acids is 1. The number of thiophene rings is 1. The van der Waals surface area contributed by atoms with E-state index in [9.17, 15) is 4.79 Å². The first-order valence-corrected chi connectivity index (χ1v) is 4.51. The van der Waals surface area contributed by atoms with Gasteiger partial charge in [0.2, 0.25) is 0 Å². The summed E-state index contributed by atoms with van der Waals surface area (Å²) in [6.45, 7) is 1.29. The van der Waals surface area contributed by atoms with Gasteiger partial charge >= 0.3 is 5.97 Å². The smallest absolute Gasteiger partial charge is 0.345 e. The molecule has 1 aromatic heterocycles. The van der Waals surface area contributed by atoms with E-state index in [0.717, 1.165) is 16.9 Å². The quantitative estimate of drug-likeness (QED) is 0.719. The molecule has 64 valence electrons. The molecule has 0 radical (unpaired) electrons. The molecule has 0 saturated carbocycles. The number of carboxylic acid groups (broad SMARTS) is 1. The molecule has 2 rings (SSSR count). The van der Waals surface area contributed by atoms with Gasteiger partial charge in [-0.25, -0.2) is 4.79 Å². The lowest BCUT2D eigenvalue weighted by molar-refractivity contribution is 0.0702. The Labute approximate surface area is 73.6 Å². The lowest BCUT2D eigenvalue weighted by atomic mass is 10.1. The third-order valence-electron chi connectivity index (χ3n) is 1.86. The second-order valence-corrected chi connectivity index (χ2v) is 3.80. The fourth-order valence-electron chi connectivity index (χ4n) is 1.25. The van der Waals surface area contributed by atoms with Crippen molar-refractivity contribution in [2.75, 3.05) is 6.61 Å². The SMILES string of the molecule is O=C(O)c1cc2c(s1)COCC2. The Morgan fingerprint density at radius 1 is 1.67 bits per heavy atom. The van der Waals surface area contributed by atoms with Crippen molar-refractivity contribution < 1.29 is 14.6 Å². The van der Waals surface area contributed by atoms with E-state index in [0.29, 0.717) is 18.1 Å². The topological polar surface area (TPSA) is 46.5 Å². The van der Waals surface area contributed by atoms with Crippen molar-refractivity contribution in [3.8, 4) is 0 Å². The van der Waals surface area contributed by atoms with Crippen LogP contribution in [0.15, 0.2) is 6.07 Å². The van der Waals surface area contributed by atoms with E-state index >= 15 is 0 Å². The van der Waals surface area contributed by atoms with E-state index in [2.05, 4.69) is 0 Å². The fourth-order valence-corrected chi connectivity index (χ4v) is 2.24. The molecule has 0 aliphatic carbocycles. The Kier molecular flexibility index (Phi) is 1.86. The molecule has 0 saturated heterocycles. The molecule has 0 amide bonds. The number of carbonyl (C=O) groups is 1. The van der Waals surface area contributed by atoms with E-state index in [1.54, 1.807) is 6.07 Å². The van der Waals surface area contributed by atoms with Crippen molar-refractivity contribution in [3.05, 3.63) is 21.4 Å². The number of carboxylic acids is 1. The van der Waals surface area contributed by atoms with Gasteiger partial charge in [0.05, 0.1) is 13.2 Å². The highest BCUT2D eigenvalue weighted by Crippen LogP contribution is 2.26. The normalized spacial score (nSPS) is 15.7. The van der Waals surface area contributed by atoms with Gasteiger partial charge in [-0.2, -0.15) is 0 Å². The third-order valence-corrected chi connectivity index (χ3v) is 3.00. The Balaban J connectivity index is 2.38. The van der Waals surface area contributed by atoms with Crippen LogP contribution in [0.2, 0.25) is 0 Å². The minimum Gasteiger partial charge on any atom is -0.477 e. The summed E-state index contributed by atoms with van der Waals surface area (Å²) in [6.07, 6.45) is 0.846. The van der Waals surface area contributed by atoms with Gasteiger partial charge in [-0.3, -0.25) is 0 Å². The number of hydrogen-bond donors (Lipinski definition) is 1. The molecule has 0 unspecified atom stereocenters. The van der Waals surface area contributed by atoms with Crippen molar-refractivity contribution in [1.29, 1.82) is 0 Å². The predicted octanol–water partition coefficient (Wildman–Crippen LogP) is 1.52. The minimum atomic E-state index is -0.839. The summed E-state index contributed by atoms with van der Waals surface area (Å²) >= 11 is 1.32. The van der Waals surface area contributed by atoms with Crippen LogP contribution in [0, 0.1) is 0 Å². The van der Waals surface area contributed by atoms with Crippen LogP contribution in [0.25, 0.3) is 0 Å². The van der Waals surface area contributed by atoms with Crippen molar-refractivity contribution >= 4 is 17.3 Å². The van der Waals surface area contributed by atoms with Crippen LogP contribution in [0.3, 0.4) is 0 Å². The molecule has 2 heterocycles. The first kappa shape index (κ1) is 7.76. The van der Waals surface area contributed by atoms with Gasteiger partial charge in [-0.1, -0.05) is 0 Å². The summed E-state index contributed by atoms with van der Waals surface area (Å²) in [5.41, 5.74) is 1.14. The Hall–Kier alpha value is -0.870. The summed E-state index contributed by atoms with van der Waals surface area (Å²) in [5.74, 6) is -0.839. The lowest BCUT2D eigenvalue weighted by Gasteiger charge is -2.10. The summed E-state index contributed by atoms with van der Waals surface area (Å²) in [5, 5.41) is 8.70. The van der Waals surface area contributed by atoms with E-state index in [1.807, 2.05) is 0 Å². The molecule has 1 aliphatic rings. The molecule has 1 N–H and O–H groups in total. The van der Waals surface area contributed by atoms with Crippen molar-refractivity contribution in [2.45, 2.75) is 13.0 Å². The average molecular weight is 184 g/mol. The molecule has 0 aromatic carbocycles. The largest absolute Gasteiger partial charge is 0.477 e. The zero-order valence-corrected chi connectivity index (χ0v) is 7.19. The highest BCUT2D eigenvalue weighted by Gasteiger charge is 2.16. The predicted molar refractivity (Wildman–Crippen MR) is 44.6 cm³/mol. The van der Waals surface area contributed by atoms with Gasteiger partial charge < -0.3 is 9.84 Å². The molecule has 4 heteroatoms. The zero-order valence-electron chi connectivity index (χ0n) is 6.37. The van der Waals surface area contributed by atoms with E-state index < -0.39 is 5.97 Å². The van der Waals surface area contributed by atoms with Crippen molar-refractivity contribution in [1.82, 2.24) is 0 Å². The lowest BCUT2D eigenvalue weighted by Crippen LogP contribution is -2.05. The summed E-state index contributed by atoms with van der Waals surface area (Å²) < 4.78 is 5.21. The monoisotopic (exact) mass is 184 g/mol. The maximum Gasteiger partial charge on any atom is 0.345 e. The molecule has 12 heavy (non-hydrogen) atoms. The molecule has 1 aliphatic heterocycles. The molecule has 3 nitrogen and oxygen atoms in total. The second-order valence-electron chi connectivity index (χ2n) is 2.67. The standard InChI is InChI=1S/C8H8O3S/c9-8(10)6-3-5-1-2-11-4-7(5)12-6/h3H,1-2,4H2,(H,9,10). The molecule has 0 bridgehead atoms. The molecular weight excluding hydrogens is 176 g/mol. The van der Waals surface area contributed by atoms with Crippen LogP contribution in [0.5, 0.6) is 0 Å². The molecule has 0 spiro atoms. The summed E-state index contributed by atoms with van der Waals surface area (Å²) in [7, 11) is 0. The minimum absolute atomic E-state index is 0.422. The van der Waals surface area contributed by atoms with Gasteiger partial charge in [-0.15, -0.1) is 11.3 Å². The number of ether oxygens (including phenoxy) is 1. The number of hydrogen-bond acceptors (Lipinski definition) is 3. The van der Waals surface area contributed by atoms with E-state index in [-0.39, 0.29) is 0 Å². The number of rotatable bonds is 1. The maximum absolute atomic E-state index is 10.6. The van der Waals surface area contributed by atoms with Crippen LogP contribution in [0.4, 0.5) is 0 Å². The van der Waals surface area contributed by atoms with Crippen LogP contribution >= 0.6 is 11.3 Å². The second kappa shape index (κ2) is 2.88. The van der Waals surface area contributed by atoms with Gasteiger partial charge in [0, 0.05) is 4.88 Å². The molecule has 0 atom stereocenters.